The van der Waals surface area contributed by atoms with Gasteiger partial charge in [-0.15, -0.1) is 0 Å². The number of oxazole rings is 1. The Balaban J connectivity index is 1.55. The average Bonchev–Trinajstić information content (AvgIpc) is 3.07. The summed E-state index contributed by atoms with van der Waals surface area (Å²) in [5.41, 5.74) is 1.47. The number of hydrogen-bond acceptors (Lipinski definition) is 5. The number of benzene rings is 2. The molecule has 0 aliphatic carbocycles. The molecule has 2 heterocycles. The molecule has 0 spiro atoms. The van der Waals surface area contributed by atoms with E-state index in [4.69, 9.17) is 4.42 Å². The van der Waals surface area contributed by atoms with Crippen LogP contribution in [0.3, 0.4) is 0 Å². The third-order valence-corrected chi connectivity index (χ3v) is 7.92. The summed E-state index contributed by atoms with van der Waals surface area (Å²) in [7, 11) is -3.71. The van der Waals surface area contributed by atoms with E-state index < -0.39 is 15.8 Å². The SMILES string of the molecule is C[C@@H]1C[C@H](C)CN(S(=O)(=O)c2ccc3c(c2)oc(=O)n3CC(=O)N[C@@H](C)c2ccccc2)C1. The maximum atomic E-state index is 13.2. The summed E-state index contributed by atoms with van der Waals surface area (Å²) in [5, 5.41) is 2.87. The van der Waals surface area contributed by atoms with Gasteiger partial charge < -0.3 is 9.73 Å². The molecule has 1 aromatic heterocycles. The number of carbonyl (C=O) groups is 1. The van der Waals surface area contributed by atoms with E-state index in [-0.39, 0.29) is 40.8 Å². The van der Waals surface area contributed by atoms with Crippen molar-refractivity contribution in [3.05, 3.63) is 64.6 Å². The first kappa shape index (κ1) is 23.3. The minimum Gasteiger partial charge on any atom is -0.408 e. The van der Waals surface area contributed by atoms with Crippen LogP contribution in [0.1, 0.15) is 38.8 Å². The largest absolute Gasteiger partial charge is 0.420 e. The molecule has 1 N–H and O–H groups in total. The first-order valence-corrected chi connectivity index (χ1v) is 12.6. The maximum absolute atomic E-state index is 13.2. The van der Waals surface area contributed by atoms with Crippen LogP contribution in [-0.4, -0.2) is 36.3 Å². The fourth-order valence-electron chi connectivity index (χ4n) is 4.56. The van der Waals surface area contributed by atoms with Gasteiger partial charge in [0.15, 0.2) is 5.58 Å². The molecule has 0 saturated carbocycles. The normalized spacial score (nSPS) is 20.6. The molecule has 4 rings (SSSR count). The van der Waals surface area contributed by atoms with Crippen LogP contribution in [0, 0.1) is 11.8 Å². The molecule has 8 nitrogen and oxygen atoms in total. The zero-order chi connectivity index (χ0) is 23.8. The Morgan fingerprint density at radius 1 is 1.12 bits per heavy atom. The number of piperidine rings is 1. The first-order chi connectivity index (χ1) is 15.6. The number of nitrogens with one attached hydrogen (secondary N) is 1. The topological polar surface area (TPSA) is 102 Å². The van der Waals surface area contributed by atoms with Crippen molar-refractivity contribution in [2.45, 2.75) is 44.7 Å². The summed E-state index contributed by atoms with van der Waals surface area (Å²) in [6.07, 6.45) is 0.994. The molecule has 3 atom stereocenters. The molecule has 2 aromatic carbocycles. The van der Waals surface area contributed by atoms with Crippen molar-refractivity contribution in [2.75, 3.05) is 13.1 Å². The Labute approximate surface area is 193 Å². The highest BCUT2D eigenvalue weighted by atomic mass is 32.2. The highest BCUT2D eigenvalue weighted by Crippen LogP contribution is 2.28. The van der Waals surface area contributed by atoms with Crippen LogP contribution in [0.4, 0.5) is 0 Å². The van der Waals surface area contributed by atoms with Crippen molar-refractivity contribution in [2.24, 2.45) is 11.8 Å². The predicted octanol–water partition coefficient (Wildman–Crippen LogP) is 3.14. The van der Waals surface area contributed by atoms with Gasteiger partial charge in [0.05, 0.1) is 16.5 Å². The highest BCUT2D eigenvalue weighted by Gasteiger charge is 2.32. The lowest BCUT2D eigenvalue weighted by atomic mass is 9.94. The van der Waals surface area contributed by atoms with Crippen molar-refractivity contribution in [1.29, 1.82) is 0 Å². The van der Waals surface area contributed by atoms with Crippen LogP contribution in [-0.2, 0) is 21.4 Å². The second-order valence-corrected chi connectivity index (χ2v) is 11.0. The van der Waals surface area contributed by atoms with E-state index >= 15 is 0 Å². The standard InChI is InChI=1S/C24H29N3O5S/c1-16-11-17(2)14-26(13-16)33(30,31)20-9-10-21-22(12-20)32-24(29)27(21)15-23(28)25-18(3)19-7-5-4-6-8-19/h4-10,12,16-18H,11,13-15H2,1-3H3,(H,25,28)/t16-,17+,18-/m0/s1. The lowest BCUT2D eigenvalue weighted by Crippen LogP contribution is -2.42. The summed E-state index contributed by atoms with van der Waals surface area (Å²) in [6.45, 7) is 6.67. The molecule has 0 radical (unpaired) electrons. The van der Waals surface area contributed by atoms with Gasteiger partial charge in [-0.05, 0) is 42.9 Å². The molecular weight excluding hydrogens is 442 g/mol. The molecule has 3 aromatic rings. The van der Waals surface area contributed by atoms with Gasteiger partial charge in [-0.1, -0.05) is 44.2 Å². The zero-order valence-corrected chi connectivity index (χ0v) is 19.8. The second-order valence-electron chi connectivity index (χ2n) is 9.05. The van der Waals surface area contributed by atoms with Crippen LogP contribution in [0.5, 0.6) is 0 Å². The van der Waals surface area contributed by atoms with Gasteiger partial charge in [0, 0.05) is 19.2 Å². The second kappa shape index (κ2) is 9.15. The van der Waals surface area contributed by atoms with Crippen molar-refractivity contribution in [3.8, 4) is 0 Å². The van der Waals surface area contributed by atoms with E-state index in [1.165, 1.54) is 27.1 Å². The molecule has 1 fully saturated rings. The first-order valence-electron chi connectivity index (χ1n) is 11.1. The Hall–Kier alpha value is -2.91. The van der Waals surface area contributed by atoms with Crippen LogP contribution in [0.15, 0.2) is 62.6 Å². The molecule has 0 unspecified atom stereocenters. The summed E-state index contributed by atoms with van der Waals surface area (Å²) in [5.74, 6) is -0.488. The van der Waals surface area contributed by atoms with Gasteiger partial charge in [0.2, 0.25) is 15.9 Å². The summed E-state index contributed by atoms with van der Waals surface area (Å²) in [6, 6.07) is 13.7. The average molecular weight is 472 g/mol. The van der Waals surface area contributed by atoms with Crippen LogP contribution in [0.2, 0.25) is 0 Å². The minimum absolute atomic E-state index is 0.0827. The van der Waals surface area contributed by atoms with E-state index in [1.807, 2.05) is 51.1 Å². The van der Waals surface area contributed by atoms with E-state index in [2.05, 4.69) is 5.32 Å². The van der Waals surface area contributed by atoms with E-state index in [1.54, 1.807) is 0 Å². The van der Waals surface area contributed by atoms with Crippen LogP contribution < -0.4 is 11.1 Å². The number of rotatable bonds is 6. The van der Waals surface area contributed by atoms with Crippen LogP contribution in [0.25, 0.3) is 11.1 Å². The molecule has 176 valence electrons. The molecule has 1 amide bonds. The fraction of sp³-hybridized carbons (Fsp3) is 0.417. The number of carbonyl (C=O) groups excluding carboxylic acids is 1. The summed E-state index contributed by atoms with van der Waals surface area (Å²) in [4.78, 5) is 25.1. The number of hydrogen-bond donors (Lipinski definition) is 1. The van der Waals surface area contributed by atoms with Crippen molar-refractivity contribution < 1.29 is 17.6 Å². The van der Waals surface area contributed by atoms with E-state index in [0.717, 1.165) is 12.0 Å². The number of aromatic nitrogens is 1. The Morgan fingerprint density at radius 2 is 1.79 bits per heavy atom. The molecular formula is C24H29N3O5S. The Bertz CT molecular complexity index is 1300. The number of sulfonamides is 1. The third kappa shape index (κ3) is 4.89. The van der Waals surface area contributed by atoms with Crippen LogP contribution >= 0.6 is 0 Å². The Morgan fingerprint density at radius 3 is 2.45 bits per heavy atom. The number of nitrogens with zero attached hydrogens (tertiary/aromatic N) is 2. The predicted molar refractivity (Wildman–Crippen MR) is 125 cm³/mol. The lowest BCUT2D eigenvalue weighted by molar-refractivity contribution is -0.122. The monoisotopic (exact) mass is 471 g/mol. The molecule has 1 aliphatic rings. The van der Waals surface area contributed by atoms with Crippen molar-refractivity contribution >= 4 is 27.0 Å². The van der Waals surface area contributed by atoms with Gasteiger partial charge in [0.1, 0.15) is 6.54 Å². The third-order valence-electron chi connectivity index (χ3n) is 6.09. The Kier molecular flexibility index (Phi) is 6.45. The molecule has 33 heavy (non-hydrogen) atoms. The van der Waals surface area contributed by atoms with Gasteiger partial charge >= 0.3 is 5.76 Å². The van der Waals surface area contributed by atoms with Gasteiger partial charge in [-0.3, -0.25) is 9.36 Å². The smallest absolute Gasteiger partial charge is 0.408 e. The quantitative estimate of drug-likeness (QED) is 0.595. The van der Waals surface area contributed by atoms with Crippen molar-refractivity contribution in [1.82, 2.24) is 14.2 Å². The van der Waals surface area contributed by atoms with E-state index in [0.29, 0.717) is 18.6 Å². The fourth-order valence-corrected chi connectivity index (χ4v) is 6.26. The minimum atomic E-state index is -3.71. The summed E-state index contributed by atoms with van der Waals surface area (Å²) >= 11 is 0. The van der Waals surface area contributed by atoms with Crippen molar-refractivity contribution in [3.63, 3.8) is 0 Å². The van der Waals surface area contributed by atoms with E-state index in [9.17, 15) is 18.0 Å². The molecule has 9 heteroatoms. The highest BCUT2D eigenvalue weighted by molar-refractivity contribution is 7.89. The van der Waals surface area contributed by atoms with Gasteiger partial charge in [-0.2, -0.15) is 4.31 Å². The maximum Gasteiger partial charge on any atom is 0.420 e. The number of fused-ring (bicyclic) bond motifs is 1. The molecule has 1 aliphatic heterocycles. The van der Waals surface area contributed by atoms with Gasteiger partial charge in [0.25, 0.3) is 0 Å². The van der Waals surface area contributed by atoms with Gasteiger partial charge in [-0.25, -0.2) is 13.2 Å². The lowest BCUT2D eigenvalue weighted by Gasteiger charge is -2.34. The molecule has 0 bridgehead atoms. The summed E-state index contributed by atoms with van der Waals surface area (Å²) < 4.78 is 34.4. The molecule has 1 saturated heterocycles. The zero-order valence-electron chi connectivity index (χ0n) is 19.0. The number of amides is 1.